The fourth-order valence-electron chi connectivity index (χ4n) is 2.42. The summed E-state index contributed by atoms with van der Waals surface area (Å²) in [4.78, 5) is 3.63. The van der Waals surface area contributed by atoms with Gasteiger partial charge in [-0.15, -0.1) is 0 Å². The van der Waals surface area contributed by atoms with Crippen molar-refractivity contribution in [3.05, 3.63) is 60.3 Å². The number of para-hydroxylation sites is 1. The van der Waals surface area contributed by atoms with Crippen molar-refractivity contribution in [2.75, 3.05) is 0 Å². The molecule has 1 aromatic heterocycles. The van der Waals surface area contributed by atoms with Crippen molar-refractivity contribution in [2.24, 2.45) is 0 Å². The Hall–Kier alpha value is -1.50. The van der Waals surface area contributed by atoms with Crippen molar-refractivity contribution in [1.29, 1.82) is 0 Å². The van der Waals surface area contributed by atoms with Crippen LogP contribution in [0.15, 0.2) is 54.6 Å². The van der Waals surface area contributed by atoms with E-state index in [1.165, 1.54) is 38.4 Å². The summed E-state index contributed by atoms with van der Waals surface area (Å²) in [6.45, 7) is 2.25. The summed E-state index contributed by atoms with van der Waals surface area (Å²) in [5, 5.41) is 1.41. The van der Waals surface area contributed by atoms with E-state index < -0.39 is 0 Å². The maximum absolute atomic E-state index is 3.63. The molecule has 0 aliphatic heterocycles. The summed E-state index contributed by atoms with van der Waals surface area (Å²) in [6.07, 6.45) is 3.66. The van der Waals surface area contributed by atoms with Gasteiger partial charge in [0.05, 0.1) is 0 Å². The molecule has 1 heterocycles. The van der Waals surface area contributed by atoms with Crippen LogP contribution in [0.4, 0.5) is 0 Å². The molecule has 20 heavy (non-hydrogen) atoms. The van der Waals surface area contributed by atoms with Gasteiger partial charge in [-0.05, 0) is 0 Å². The van der Waals surface area contributed by atoms with Crippen LogP contribution in [0.5, 0.6) is 0 Å². The molecule has 102 valence electrons. The summed E-state index contributed by atoms with van der Waals surface area (Å²) >= 11 is 0.379. The summed E-state index contributed by atoms with van der Waals surface area (Å²) in [6, 6.07) is 19.5. The van der Waals surface area contributed by atoms with Crippen LogP contribution in [0.25, 0.3) is 10.9 Å². The number of nitrogens with one attached hydrogen (secondary N) is 1. The predicted molar refractivity (Wildman–Crippen MR) is 88.4 cm³/mol. The summed E-state index contributed by atoms with van der Waals surface area (Å²) < 4.78 is 2.98. The second-order valence-electron chi connectivity index (χ2n) is 5.00. The van der Waals surface area contributed by atoms with Crippen LogP contribution in [0.3, 0.4) is 0 Å². The van der Waals surface area contributed by atoms with E-state index in [9.17, 15) is 0 Å². The van der Waals surface area contributed by atoms with Crippen LogP contribution in [0.1, 0.15) is 25.5 Å². The van der Waals surface area contributed by atoms with E-state index in [4.69, 9.17) is 0 Å². The molecule has 3 aromatic rings. The van der Waals surface area contributed by atoms with Gasteiger partial charge in [0.25, 0.3) is 0 Å². The van der Waals surface area contributed by atoms with Gasteiger partial charge in [0.15, 0.2) is 0 Å². The van der Waals surface area contributed by atoms with E-state index >= 15 is 0 Å². The van der Waals surface area contributed by atoms with Crippen molar-refractivity contribution >= 4 is 34.8 Å². The number of unbranched alkanes of at least 4 members (excludes halogenated alkanes) is 1. The number of aromatic amines is 1. The summed E-state index contributed by atoms with van der Waals surface area (Å²) in [5.74, 6) is 0. The zero-order chi connectivity index (χ0) is 13.8. The average Bonchev–Trinajstić information content (AvgIpc) is 2.84. The molecule has 0 unspecified atom stereocenters. The van der Waals surface area contributed by atoms with E-state index in [0.717, 1.165) is 6.42 Å². The first-order valence-corrected chi connectivity index (χ1v) is 8.92. The zero-order valence-corrected chi connectivity index (χ0v) is 13.4. The Morgan fingerprint density at radius 3 is 2.50 bits per heavy atom. The normalized spacial score (nSPS) is 11.1. The molecule has 0 aliphatic rings. The van der Waals surface area contributed by atoms with Gasteiger partial charge in [0.1, 0.15) is 0 Å². The number of rotatable bonds is 5. The summed E-state index contributed by atoms with van der Waals surface area (Å²) in [5.41, 5.74) is 2.73. The molecule has 0 amide bonds. The van der Waals surface area contributed by atoms with Crippen LogP contribution >= 0.6 is 0 Å². The molecule has 0 saturated carbocycles. The van der Waals surface area contributed by atoms with Gasteiger partial charge >= 0.3 is 126 Å². The first-order chi connectivity index (χ1) is 9.88. The van der Waals surface area contributed by atoms with E-state index in [1.807, 2.05) is 0 Å². The molecule has 0 radical (unpaired) electrons. The Morgan fingerprint density at radius 1 is 0.950 bits per heavy atom. The van der Waals surface area contributed by atoms with Gasteiger partial charge in [0.2, 0.25) is 0 Å². The van der Waals surface area contributed by atoms with Crippen molar-refractivity contribution in [3.8, 4) is 0 Å². The van der Waals surface area contributed by atoms with Gasteiger partial charge < -0.3 is 0 Å². The number of hydrogen-bond acceptors (Lipinski definition) is 0. The molecule has 1 N–H and O–H groups in total. The number of H-pyrrole nitrogens is 1. The van der Waals surface area contributed by atoms with Crippen molar-refractivity contribution in [2.45, 2.75) is 26.2 Å². The Bertz CT molecular complexity index is 685. The van der Waals surface area contributed by atoms with Gasteiger partial charge in [-0.3, -0.25) is 0 Å². The molecule has 2 heteroatoms. The maximum atomic E-state index is 3.63. The molecule has 1 nitrogen and oxygen atoms in total. The predicted octanol–water partition coefficient (Wildman–Crippen LogP) is 3.17. The van der Waals surface area contributed by atoms with E-state index in [-0.39, 0.29) is 0 Å². The minimum atomic E-state index is 0.379. The Morgan fingerprint density at radius 2 is 1.70 bits per heavy atom. The third kappa shape index (κ3) is 2.82. The number of fused-ring (bicyclic) bond motifs is 1. The minimum absolute atomic E-state index is 0.379. The third-order valence-electron chi connectivity index (χ3n) is 3.47. The van der Waals surface area contributed by atoms with Crippen LogP contribution in [-0.2, 0) is 6.42 Å². The molecule has 0 atom stereocenters. The fraction of sp³-hybridized carbons (Fsp3) is 0.222. The van der Waals surface area contributed by atoms with E-state index in [2.05, 4.69) is 66.5 Å². The quantitative estimate of drug-likeness (QED) is 0.693. The first kappa shape index (κ1) is 13.5. The van der Waals surface area contributed by atoms with Gasteiger partial charge in [0, 0.05) is 0 Å². The van der Waals surface area contributed by atoms with Gasteiger partial charge in [-0.2, -0.15) is 0 Å². The molecule has 0 fully saturated rings. The average molecular weight is 328 g/mol. The molecular formula is C18H19NSe. The number of aryl methyl sites for hydroxylation is 1. The van der Waals surface area contributed by atoms with Crippen LogP contribution in [0, 0.1) is 0 Å². The Kier molecular flexibility index (Phi) is 4.25. The molecule has 0 bridgehead atoms. The SMILES string of the molecule is CCCCc1[nH]c2ccccc2c1[Se]c1ccccc1. The monoisotopic (exact) mass is 329 g/mol. The van der Waals surface area contributed by atoms with Crippen LogP contribution < -0.4 is 8.92 Å². The molecular weight excluding hydrogens is 309 g/mol. The molecule has 0 aliphatic carbocycles. The first-order valence-electron chi connectivity index (χ1n) is 7.21. The van der Waals surface area contributed by atoms with Crippen molar-refractivity contribution < 1.29 is 0 Å². The fourth-order valence-corrected chi connectivity index (χ4v) is 4.72. The van der Waals surface area contributed by atoms with Gasteiger partial charge in [-0.25, -0.2) is 0 Å². The van der Waals surface area contributed by atoms with Crippen LogP contribution in [-0.4, -0.2) is 19.9 Å². The standard InChI is InChI=1S/C18H19NSe/c1-2-3-12-17-18(20-14-9-5-4-6-10-14)15-11-7-8-13-16(15)19-17/h4-11,13,19H,2-3,12H2,1H3. The zero-order valence-electron chi connectivity index (χ0n) is 11.7. The summed E-state index contributed by atoms with van der Waals surface area (Å²) in [7, 11) is 0. The van der Waals surface area contributed by atoms with Crippen LogP contribution in [0.2, 0.25) is 0 Å². The van der Waals surface area contributed by atoms with E-state index in [0.29, 0.717) is 15.0 Å². The Labute approximate surface area is 126 Å². The molecule has 0 spiro atoms. The van der Waals surface area contributed by atoms with Crippen molar-refractivity contribution in [3.63, 3.8) is 0 Å². The second-order valence-corrected chi connectivity index (χ2v) is 7.27. The van der Waals surface area contributed by atoms with E-state index in [1.54, 1.807) is 0 Å². The Balaban J connectivity index is 2.01. The number of hydrogen-bond donors (Lipinski definition) is 1. The topological polar surface area (TPSA) is 15.8 Å². The number of benzene rings is 2. The van der Waals surface area contributed by atoms with Gasteiger partial charge in [-0.1, -0.05) is 0 Å². The number of aromatic nitrogens is 1. The molecule has 0 saturated heterocycles. The second kappa shape index (κ2) is 6.30. The van der Waals surface area contributed by atoms with Crippen molar-refractivity contribution in [1.82, 2.24) is 4.98 Å². The molecule has 3 rings (SSSR count). The molecule has 2 aromatic carbocycles. The third-order valence-corrected chi connectivity index (χ3v) is 5.95.